The highest BCUT2D eigenvalue weighted by Gasteiger charge is 2.34. The summed E-state index contributed by atoms with van der Waals surface area (Å²) in [5, 5.41) is 4.80. The molecule has 3 unspecified atom stereocenters. The van der Waals surface area contributed by atoms with Gasteiger partial charge in [0, 0.05) is 17.8 Å². The zero-order valence-corrected chi connectivity index (χ0v) is 12.6. The molecule has 1 nitrogen and oxygen atoms in total. The number of hydrogen-bond donors (Lipinski definition) is 1. The van der Waals surface area contributed by atoms with Crippen LogP contribution >= 0.6 is 11.8 Å². The van der Waals surface area contributed by atoms with Crippen molar-refractivity contribution < 1.29 is 0 Å². The van der Waals surface area contributed by atoms with Crippen LogP contribution in [0.25, 0.3) is 0 Å². The van der Waals surface area contributed by atoms with Gasteiger partial charge in [0.2, 0.25) is 0 Å². The van der Waals surface area contributed by atoms with Crippen LogP contribution in [0.2, 0.25) is 0 Å². The Kier molecular flexibility index (Phi) is 4.82. The van der Waals surface area contributed by atoms with Crippen molar-refractivity contribution in [2.75, 3.05) is 12.3 Å². The van der Waals surface area contributed by atoms with E-state index < -0.39 is 0 Å². The van der Waals surface area contributed by atoms with Gasteiger partial charge in [0.25, 0.3) is 0 Å². The average molecular weight is 255 g/mol. The Hall–Kier alpha value is 0.310. The molecular weight excluding hydrogens is 226 g/mol. The van der Waals surface area contributed by atoms with Gasteiger partial charge in [-0.25, -0.2) is 0 Å². The maximum atomic E-state index is 3.90. The summed E-state index contributed by atoms with van der Waals surface area (Å²) in [6.07, 6.45) is 8.58. The zero-order chi connectivity index (χ0) is 12.3. The molecule has 1 heterocycles. The Morgan fingerprint density at radius 3 is 2.47 bits per heavy atom. The first kappa shape index (κ1) is 13.7. The normalized spacial score (nSPS) is 35.1. The summed E-state index contributed by atoms with van der Waals surface area (Å²) < 4.78 is 0. The number of hydrogen-bond acceptors (Lipinski definition) is 2. The second kappa shape index (κ2) is 5.97. The van der Waals surface area contributed by atoms with E-state index in [4.69, 9.17) is 0 Å². The van der Waals surface area contributed by atoms with Gasteiger partial charge in [-0.15, -0.1) is 0 Å². The van der Waals surface area contributed by atoms with Crippen LogP contribution in [0.4, 0.5) is 0 Å². The highest BCUT2D eigenvalue weighted by molar-refractivity contribution is 8.00. The number of nitrogens with one attached hydrogen (secondary N) is 1. The first-order valence-corrected chi connectivity index (χ1v) is 8.47. The van der Waals surface area contributed by atoms with Crippen LogP contribution in [-0.4, -0.2) is 23.6 Å². The number of thioether (sulfide) groups is 1. The predicted molar refractivity (Wildman–Crippen MR) is 78.7 cm³/mol. The summed E-state index contributed by atoms with van der Waals surface area (Å²) in [5.74, 6) is 2.27. The van der Waals surface area contributed by atoms with E-state index in [1.165, 1.54) is 50.8 Å². The van der Waals surface area contributed by atoms with E-state index in [1.807, 2.05) is 0 Å². The Morgan fingerprint density at radius 2 is 1.82 bits per heavy atom. The molecule has 0 radical (unpaired) electrons. The molecule has 1 N–H and O–H groups in total. The fraction of sp³-hybridized carbons (Fsp3) is 1.00. The Labute approximate surface area is 112 Å². The van der Waals surface area contributed by atoms with Crippen molar-refractivity contribution >= 4 is 11.8 Å². The largest absolute Gasteiger partial charge is 0.313 e. The molecule has 0 aromatic rings. The van der Waals surface area contributed by atoms with Crippen molar-refractivity contribution in [1.29, 1.82) is 0 Å². The molecule has 1 saturated carbocycles. The molecule has 1 aliphatic carbocycles. The maximum absolute atomic E-state index is 3.90. The summed E-state index contributed by atoms with van der Waals surface area (Å²) >= 11 is 2.18. The molecule has 0 bridgehead atoms. The molecule has 0 amide bonds. The molecule has 2 aliphatic rings. The SMILES string of the molecule is CC(C)(C)C1CCCCC1NCC1CCCS1. The molecular formula is C15H29NS. The minimum Gasteiger partial charge on any atom is -0.313 e. The first-order valence-electron chi connectivity index (χ1n) is 7.42. The smallest absolute Gasteiger partial charge is 0.0172 e. The van der Waals surface area contributed by atoms with Crippen molar-refractivity contribution in [1.82, 2.24) is 5.32 Å². The van der Waals surface area contributed by atoms with Crippen LogP contribution < -0.4 is 5.32 Å². The zero-order valence-electron chi connectivity index (χ0n) is 11.8. The van der Waals surface area contributed by atoms with Crippen molar-refractivity contribution in [2.45, 2.75) is 70.6 Å². The predicted octanol–water partition coefficient (Wildman–Crippen LogP) is 4.08. The minimum atomic E-state index is 0.473. The van der Waals surface area contributed by atoms with Crippen molar-refractivity contribution in [2.24, 2.45) is 11.3 Å². The first-order chi connectivity index (χ1) is 8.07. The lowest BCUT2D eigenvalue weighted by atomic mass is 9.69. The average Bonchev–Trinajstić information content (AvgIpc) is 2.78. The molecule has 0 spiro atoms. The molecule has 0 aromatic heterocycles. The lowest BCUT2D eigenvalue weighted by molar-refractivity contribution is 0.131. The third kappa shape index (κ3) is 3.89. The Balaban J connectivity index is 1.83. The van der Waals surface area contributed by atoms with E-state index in [0.29, 0.717) is 5.41 Å². The van der Waals surface area contributed by atoms with Crippen LogP contribution in [0.3, 0.4) is 0 Å². The topological polar surface area (TPSA) is 12.0 Å². The van der Waals surface area contributed by atoms with Gasteiger partial charge in [-0.2, -0.15) is 11.8 Å². The lowest BCUT2D eigenvalue weighted by Gasteiger charge is -2.41. The molecule has 100 valence electrons. The van der Waals surface area contributed by atoms with Crippen LogP contribution in [-0.2, 0) is 0 Å². The second-order valence-electron chi connectivity index (χ2n) is 6.91. The van der Waals surface area contributed by atoms with Crippen LogP contribution in [0.5, 0.6) is 0 Å². The van der Waals surface area contributed by atoms with Gasteiger partial charge in [-0.3, -0.25) is 0 Å². The molecule has 2 heteroatoms. The summed E-state index contributed by atoms with van der Waals surface area (Å²) in [6.45, 7) is 8.51. The van der Waals surface area contributed by atoms with Gasteiger partial charge < -0.3 is 5.32 Å². The Bertz CT molecular complexity index is 228. The number of rotatable bonds is 3. The second-order valence-corrected chi connectivity index (χ2v) is 8.31. The molecule has 3 atom stereocenters. The van der Waals surface area contributed by atoms with Gasteiger partial charge in [0.15, 0.2) is 0 Å². The standard InChI is InChI=1S/C15H29NS/c1-15(2,3)13-8-4-5-9-14(13)16-11-12-7-6-10-17-12/h12-14,16H,4-11H2,1-3H3. The summed E-state index contributed by atoms with van der Waals surface area (Å²) in [5.41, 5.74) is 0.473. The lowest BCUT2D eigenvalue weighted by Crippen LogP contribution is -2.46. The van der Waals surface area contributed by atoms with Crippen molar-refractivity contribution in [3.63, 3.8) is 0 Å². The molecule has 1 saturated heterocycles. The van der Waals surface area contributed by atoms with Gasteiger partial charge in [0.05, 0.1) is 0 Å². The van der Waals surface area contributed by atoms with Crippen LogP contribution in [0, 0.1) is 11.3 Å². The minimum absolute atomic E-state index is 0.473. The van der Waals surface area contributed by atoms with Crippen LogP contribution in [0.15, 0.2) is 0 Å². The van der Waals surface area contributed by atoms with Gasteiger partial charge in [-0.05, 0) is 42.8 Å². The van der Waals surface area contributed by atoms with E-state index >= 15 is 0 Å². The van der Waals surface area contributed by atoms with Crippen LogP contribution in [0.1, 0.15) is 59.3 Å². The quantitative estimate of drug-likeness (QED) is 0.815. The van der Waals surface area contributed by atoms with Gasteiger partial charge in [-0.1, -0.05) is 33.6 Å². The van der Waals surface area contributed by atoms with Gasteiger partial charge >= 0.3 is 0 Å². The maximum Gasteiger partial charge on any atom is 0.0172 e. The third-order valence-electron chi connectivity index (χ3n) is 4.51. The van der Waals surface area contributed by atoms with Crippen molar-refractivity contribution in [3.05, 3.63) is 0 Å². The monoisotopic (exact) mass is 255 g/mol. The van der Waals surface area contributed by atoms with E-state index in [9.17, 15) is 0 Å². The highest BCUT2D eigenvalue weighted by Crippen LogP contribution is 2.38. The molecule has 1 aliphatic heterocycles. The summed E-state index contributed by atoms with van der Waals surface area (Å²) in [4.78, 5) is 0. The molecule has 0 aromatic carbocycles. The van der Waals surface area contributed by atoms with E-state index in [2.05, 4.69) is 37.8 Å². The van der Waals surface area contributed by atoms with E-state index in [0.717, 1.165) is 17.2 Å². The fourth-order valence-electron chi connectivity index (χ4n) is 3.50. The summed E-state index contributed by atoms with van der Waals surface area (Å²) in [7, 11) is 0. The van der Waals surface area contributed by atoms with E-state index in [1.54, 1.807) is 0 Å². The third-order valence-corrected chi connectivity index (χ3v) is 5.91. The van der Waals surface area contributed by atoms with Gasteiger partial charge in [0.1, 0.15) is 0 Å². The highest BCUT2D eigenvalue weighted by atomic mass is 32.2. The van der Waals surface area contributed by atoms with Crippen molar-refractivity contribution in [3.8, 4) is 0 Å². The molecule has 17 heavy (non-hydrogen) atoms. The fourth-order valence-corrected chi connectivity index (χ4v) is 4.71. The molecule has 2 fully saturated rings. The Morgan fingerprint density at radius 1 is 1.06 bits per heavy atom. The summed E-state index contributed by atoms with van der Waals surface area (Å²) in [6, 6.07) is 0.782. The molecule has 2 rings (SSSR count). The van der Waals surface area contributed by atoms with E-state index in [-0.39, 0.29) is 0 Å².